The maximum absolute atomic E-state index is 13.2. The standard InChI is InChI=1S/C24H19N3O2S.C2H2O4/c28-23(22-15-30-24(27-22)17-7-4-10-25-12-17)20-13-26-21-9-8-18(11-19(20)21)29-14-16-5-2-1-3-6-16;3-1(4)2(5)6/h1-13,15,24,26-27H,14H2;(H,3,4)(H,5,6). The zero-order valence-electron chi connectivity index (χ0n) is 18.8. The molecule has 2 aromatic heterocycles. The molecule has 0 bridgehead atoms. The van der Waals surface area contributed by atoms with Gasteiger partial charge in [-0.15, -0.1) is 11.8 Å². The van der Waals surface area contributed by atoms with Crippen molar-refractivity contribution >= 4 is 40.4 Å². The third-order valence-electron chi connectivity index (χ3n) is 5.17. The van der Waals surface area contributed by atoms with E-state index in [4.69, 9.17) is 24.5 Å². The molecule has 10 heteroatoms. The molecule has 36 heavy (non-hydrogen) atoms. The van der Waals surface area contributed by atoms with E-state index in [0.717, 1.165) is 27.8 Å². The van der Waals surface area contributed by atoms with Gasteiger partial charge in [0.15, 0.2) is 0 Å². The second-order valence-corrected chi connectivity index (χ2v) is 8.58. The number of hydrogen-bond acceptors (Lipinski definition) is 7. The largest absolute Gasteiger partial charge is 0.489 e. The number of carbonyl (C=O) groups is 3. The highest BCUT2D eigenvalue weighted by Crippen LogP contribution is 2.35. The highest BCUT2D eigenvalue weighted by molar-refractivity contribution is 8.02. The summed E-state index contributed by atoms with van der Waals surface area (Å²) in [5.74, 6) is -2.96. The van der Waals surface area contributed by atoms with Gasteiger partial charge in [0.25, 0.3) is 0 Å². The number of fused-ring (bicyclic) bond motifs is 1. The van der Waals surface area contributed by atoms with Crippen molar-refractivity contribution < 1.29 is 29.3 Å². The third kappa shape index (κ3) is 5.91. The molecule has 1 aliphatic rings. The van der Waals surface area contributed by atoms with Crippen molar-refractivity contribution in [1.29, 1.82) is 0 Å². The van der Waals surface area contributed by atoms with Crippen molar-refractivity contribution in [2.45, 2.75) is 12.0 Å². The number of aliphatic carboxylic acids is 2. The summed E-state index contributed by atoms with van der Waals surface area (Å²) in [5, 5.41) is 20.8. The van der Waals surface area contributed by atoms with Gasteiger partial charge in [0.2, 0.25) is 5.78 Å². The number of Topliss-reactive ketones (excluding diaryl/α,β-unsaturated/α-hetero) is 1. The van der Waals surface area contributed by atoms with Crippen LogP contribution in [0.3, 0.4) is 0 Å². The molecular weight excluding hydrogens is 482 g/mol. The van der Waals surface area contributed by atoms with Gasteiger partial charge in [-0.05, 0) is 29.8 Å². The zero-order chi connectivity index (χ0) is 25.5. The maximum Gasteiger partial charge on any atom is 0.414 e. The molecule has 1 unspecified atom stereocenters. The molecule has 4 aromatic rings. The highest BCUT2D eigenvalue weighted by atomic mass is 32.2. The number of carboxylic acids is 2. The van der Waals surface area contributed by atoms with Gasteiger partial charge in [-0.2, -0.15) is 0 Å². The fourth-order valence-corrected chi connectivity index (χ4v) is 4.36. The van der Waals surface area contributed by atoms with E-state index in [1.807, 2.05) is 72.3 Å². The van der Waals surface area contributed by atoms with Gasteiger partial charge >= 0.3 is 11.9 Å². The second-order valence-electron chi connectivity index (χ2n) is 7.60. The number of pyridine rings is 1. The molecule has 0 fully saturated rings. The smallest absolute Gasteiger partial charge is 0.414 e. The second kappa shape index (κ2) is 11.2. The summed E-state index contributed by atoms with van der Waals surface area (Å²) in [4.78, 5) is 38.7. The lowest BCUT2D eigenvalue weighted by Gasteiger charge is -2.12. The Balaban J connectivity index is 0.000000455. The van der Waals surface area contributed by atoms with Crippen molar-refractivity contribution in [2.24, 2.45) is 0 Å². The molecule has 0 amide bonds. The number of nitrogens with one attached hydrogen (secondary N) is 2. The van der Waals surface area contributed by atoms with Gasteiger partial charge < -0.3 is 25.3 Å². The maximum atomic E-state index is 13.2. The van der Waals surface area contributed by atoms with E-state index in [1.165, 1.54) is 0 Å². The Morgan fingerprint density at radius 1 is 1.00 bits per heavy atom. The summed E-state index contributed by atoms with van der Waals surface area (Å²) in [6.45, 7) is 0.482. The number of thioether (sulfide) groups is 1. The number of carboxylic acid groups (broad SMARTS) is 2. The van der Waals surface area contributed by atoms with Crippen LogP contribution in [0.15, 0.2) is 90.4 Å². The Morgan fingerprint density at radius 3 is 2.47 bits per heavy atom. The van der Waals surface area contributed by atoms with Gasteiger partial charge in [-0.1, -0.05) is 36.4 Å². The molecule has 182 valence electrons. The Labute approximate surface area is 209 Å². The minimum Gasteiger partial charge on any atom is -0.489 e. The van der Waals surface area contributed by atoms with E-state index in [0.29, 0.717) is 17.9 Å². The fourth-order valence-electron chi connectivity index (χ4n) is 3.42. The number of ether oxygens (including phenoxy) is 1. The van der Waals surface area contributed by atoms with Crippen LogP contribution in [0.5, 0.6) is 5.75 Å². The lowest BCUT2D eigenvalue weighted by atomic mass is 10.1. The monoisotopic (exact) mass is 503 g/mol. The predicted molar refractivity (Wildman–Crippen MR) is 134 cm³/mol. The van der Waals surface area contributed by atoms with Gasteiger partial charge in [0.1, 0.15) is 17.7 Å². The molecule has 0 radical (unpaired) electrons. The lowest BCUT2D eigenvalue weighted by Crippen LogP contribution is -2.19. The van der Waals surface area contributed by atoms with Crippen LogP contribution >= 0.6 is 11.8 Å². The summed E-state index contributed by atoms with van der Waals surface area (Å²) < 4.78 is 5.94. The van der Waals surface area contributed by atoms with Crippen LogP contribution in [0.1, 0.15) is 26.9 Å². The Bertz CT molecular complexity index is 1410. The number of ketones is 1. The average Bonchev–Trinajstić information content (AvgIpc) is 3.56. The van der Waals surface area contributed by atoms with Crippen LogP contribution in [-0.4, -0.2) is 37.9 Å². The van der Waals surface area contributed by atoms with E-state index < -0.39 is 11.9 Å². The molecule has 2 aromatic carbocycles. The first-order chi connectivity index (χ1) is 17.4. The SMILES string of the molecule is O=C(C1=CSC(c2cccnc2)N1)c1c[nH]c2ccc(OCc3ccccc3)cc12.O=C(O)C(=O)O. The van der Waals surface area contributed by atoms with Crippen molar-refractivity contribution in [3.63, 3.8) is 0 Å². The van der Waals surface area contributed by atoms with E-state index in [2.05, 4.69) is 15.3 Å². The van der Waals surface area contributed by atoms with Crippen LogP contribution in [-0.2, 0) is 16.2 Å². The molecule has 0 saturated heterocycles. The number of benzene rings is 2. The highest BCUT2D eigenvalue weighted by Gasteiger charge is 2.25. The van der Waals surface area contributed by atoms with E-state index in [9.17, 15) is 4.79 Å². The molecule has 1 aliphatic heterocycles. The number of carbonyl (C=O) groups excluding carboxylic acids is 1. The summed E-state index contributed by atoms with van der Waals surface area (Å²) in [5.41, 5.74) is 4.26. The van der Waals surface area contributed by atoms with Gasteiger partial charge in [-0.25, -0.2) is 9.59 Å². The Hall–Kier alpha value is -4.57. The number of aromatic nitrogens is 2. The van der Waals surface area contributed by atoms with Crippen molar-refractivity contribution in [1.82, 2.24) is 15.3 Å². The lowest BCUT2D eigenvalue weighted by molar-refractivity contribution is -0.159. The van der Waals surface area contributed by atoms with Crippen molar-refractivity contribution in [2.75, 3.05) is 0 Å². The topological polar surface area (TPSA) is 142 Å². The Kier molecular flexibility index (Phi) is 7.66. The molecule has 3 heterocycles. The van der Waals surface area contributed by atoms with E-state index >= 15 is 0 Å². The van der Waals surface area contributed by atoms with Crippen molar-refractivity contribution in [3.8, 4) is 5.75 Å². The summed E-state index contributed by atoms with van der Waals surface area (Å²) >= 11 is 1.57. The third-order valence-corrected chi connectivity index (χ3v) is 6.20. The van der Waals surface area contributed by atoms with Crippen LogP contribution in [0.25, 0.3) is 10.9 Å². The average molecular weight is 504 g/mol. The molecule has 4 N–H and O–H groups in total. The molecule has 0 aliphatic carbocycles. The number of aromatic amines is 1. The molecule has 9 nitrogen and oxygen atoms in total. The summed E-state index contributed by atoms with van der Waals surface area (Å²) in [7, 11) is 0. The fraction of sp³-hybridized carbons (Fsp3) is 0.0769. The molecule has 0 spiro atoms. The normalized spacial score (nSPS) is 14.2. The van der Waals surface area contributed by atoms with Gasteiger partial charge in [-0.3, -0.25) is 9.78 Å². The van der Waals surface area contributed by atoms with Crippen LogP contribution in [0, 0.1) is 0 Å². The summed E-state index contributed by atoms with van der Waals surface area (Å²) in [6.07, 6.45) is 5.32. The van der Waals surface area contributed by atoms with Gasteiger partial charge in [0, 0.05) is 46.0 Å². The molecule has 0 saturated carbocycles. The quantitative estimate of drug-likeness (QED) is 0.223. The first-order valence-corrected chi connectivity index (χ1v) is 11.7. The number of nitrogens with zero attached hydrogens (tertiary/aromatic N) is 1. The number of hydrogen-bond donors (Lipinski definition) is 4. The molecule has 5 rings (SSSR count). The molecular formula is C26H21N3O6S. The Morgan fingerprint density at radius 2 is 1.78 bits per heavy atom. The van der Waals surface area contributed by atoms with Crippen molar-refractivity contribution in [3.05, 3.63) is 107 Å². The predicted octanol–water partition coefficient (Wildman–Crippen LogP) is 4.36. The number of rotatable bonds is 6. The first-order valence-electron chi connectivity index (χ1n) is 10.7. The van der Waals surface area contributed by atoms with Crippen LogP contribution in [0.2, 0.25) is 0 Å². The molecule has 1 atom stereocenters. The van der Waals surface area contributed by atoms with Gasteiger partial charge in [0.05, 0.1) is 5.70 Å². The number of allylic oxidation sites excluding steroid dienone is 1. The number of H-pyrrole nitrogens is 1. The van der Waals surface area contributed by atoms with Crippen LogP contribution < -0.4 is 10.1 Å². The van der Waals surface area contributed by atoms with E-state index in [-0.39, 0.29) is 11.2 Å². The first kappa shape index (κ1) is 24.6. The van der Waals surface area contributed by atoms with Crippen LogP contribution in [0.4, 0.5) is 0 Å². The minimum atomic E-state index is -1.82. The summed E-state index contributed by atoms with van der Waals surface area (Å²) in [6, 6.07) is 19.7. The minimum absolute atomic E-state index is 0.00683. The van der Waals surface area contributed by atoms with E-state index in [1.54, 1.807) is 24.2 Å². The zero-order valence-corrected chi connectivity index (χ0v) is 19.6.